The number of hydrogen-bond donors (Lipinski definition) is 1. The lowest BCUT2D eigenvalue weighted by atomic mass is 10.2. The van der Waals surface area contributed by atoms with Crippen LogP contribution in [-0.2, 0) is 0 Å². The largest absolute Gasteiger partial charge is 0.360 e. The Morgan fingerprint density at radius 1 is 1.75 bits per heavy atom. The highest BCUT2D eigenvalue weighted by Gasteiger charge is 2.28. The minimum atomic E-state index is -0.679. The highest BCUT2D eigenvalue weighted by Crippen LogP contribution is 2.11. The quantitative estimate of drug-likeness (QED) is 0.661. The molecule has 0 radical (unpaired) electrons. The number of halogens is 1. The van der Waals surface area contributed by atoms with Gasteiger partial charge >= 0.3 is 0 Å². The number of nitrogens with one attached hydrogen (secondary N) is 1. The fourth-order valence-corrected chi connectivity index (χ4v) is 1.35. The average Bonchev–Trinajstić information content (AvgIpc) is 1.98. The molecule has 0 amide bonds. The third kappa shape index (κ3) is 2.30. The summed E-state index contributed by atoms with van der Waals surface area (Å²) >= 11 is 5.07. The van der Waals surface area contributed by atoms with Gasteiger partial charge in [-0.1, -0.05) is 6.92 Å². The fourth-order valence-electron chi connectivity index (χ4n) is 0.995. The zero-order valence-electron chi connectivity index (χ0n) is 7.51. The van der Waals surface area contributed by atoms with Gasteiger partial charge < -0.3 is 10.2 Å². The molecular formula is C8H15FN2S. The maximum atomic E-state index is 12.4. The molecule has 1 atom stereocenters. The molecule has 1 rings (SSSR count). The van der Waals surface area contributed by atoms with Crippen molar-refractivity contribution in [2.45, 2.75) is 32.5 Å². The summed E-state index contributed by atoms with van der Waals surface area (Å²) in [6.07, 6.45) is 0.356. The molecule has 1 aliphatic rings. The van der Waals surface area contributed by atoms with Crippen LogP contribution in [-0.4, -0.2) is 35.3 Å². The Morgan fingerprint density at radius 2 is 2.33 bits per heavy atom. The van der Waals surface area contributed by atoms with Gasteiger partial charge in [0.05, 0.1) is 13.1 Å². The summed E-state index contributed by atoms with van der Waals surface area (Å²) in [4.78, 5) is 1.85. The van der Waals surface area contributed by atoms with Gasteiger partial charge in [-0.3, -0.25) is 0 Å². The highest BCUT2D eigenvalue weighted by atomic mass is 32.1. The van der Waals surface area contributed by atoms with Crippen LogP contribution in [0.5, 0.6) is 0 Å². The van der Waals surface area contributed by atoms with Crippen LogP contribution >= 0.6 is 12.2 Å². The van der Waals surface area contributed by atoms with Crippen molar-refractivity contribution in [3.05, 3.63) is 0 Å². The Hall–Kier alpha value is -0.380. The maximum Gasteiger partial charge on any atom is 0.169 e. The molecule has 0 aliphatic carbocycles. The Kier molecular flexibility index (Phi) is 3.26. The number of likely N-dealkylation sites (tertiary alicyclic amines) is 1. The summed E-state index contributed by atoms with van der Waals surface area (Å²) < 4.78 is 12.4. The molecule has 70 valence electrons. The van der Waals surface area contributed by atoms with Crippen molar-refractivity contribution in [3.63, 3.8) is 0 Å². The molecule has 1 fully saturated rings. The van der Waals surface area contributed by atoms with Crippen LogP contribution in [0, 0.1) is 0 Å². The van der Waals surface area contributed by atoms with Crippen LogP contribution < -0.4 is 5.32 Å². The van der Waals surface area contributed by atoms with E-state index in [4.69, 9.17) is 12.2 Å². The van der Waals surface area contributed by atoms with Crippen molar-refractivity contribution in [3.8, 4) is 0 Å². The molecule has 1 aliphatic heterocycles. The van der Waals surface area contributed by atoms with E-state index in [1.54, 1.807) is 0 Å². The van der Waals surface area contributed by atoms with E-state index < -0.39 is 6.17 Å². The first kappa shape index (κ1) is 9.71. The number of hydrogen-bond acceptors (Lipinski definition) is 1. The predicted molar refractivity (Wildman–Crippen MR) is 52.0 cm³/mol. The average molecular weight is 190 g/mol. The molecule has 0 aromatic heterocycles. The summed E-state index contributed by atoms with van der Waals surface area (Å²) in [5, 5.41) is 3.84. The minimum absolute atomic E-state index is 0.385. The summed E-state index contributed by atoms with van der Waals surface area (Å²) in [5.74, 6) is 0. The Bertz CT molecular complexity index is 168. The van der Waals surface area contributed by atoms with Crippen LogP contribution in [0.1, 0.15) is 20.3 Å². The second kappa shape index (κ2) is 4.03. The smallest absolute Gasteiger partial charge is 0.169 e. The van der Waals surface area contributed by atoms with E-state index in [-0.39, 0.29) is 0 Å². The van der Waals surface area contributed by atoms with Gasteiger partial charge in [-0.25, -0.2) is 4.39 Å². The summed E-state index contributed by atoms with van der Waals surface area (Å²) in [6, 6.07) is 0.385. The molecule has 1 saturated heterocycles. The van der Waals surface area contributed by atoms with Crippen molar-refractivity contribution in [2.75, 3.05) is 13.1 Å². The third-order valence-electron chi connectivity index (χ3n) is 2.11. The zero-order valence-corrected chi connectivity index (χ0v) is 8.33. The second-order valence-electron chi connectivity index (χ2n) is 3.26. The molecular weight excluding hydrogens is 175 g/mol. The molecule has 0 saturated carbocycles. The van der Waals surface area contributed by atoms with E-state index in [1.165, 1.54) is 0 Å². The van der Waals surface area contributed by atoms with Gasteiger partial charge in [-0.15, -0.1) is 0 Å². The van der Waals surface area contributed by atoms with Gasteiger partial charge in [-0.2, -0.15) is 0 Å². The molecule has 4 heteroatoms. The maximum absolute atomic E-state index is 12.4. The first-order valence-corrected chi connectivity index (χ1v) is 4.73. The zero-order chi connectivity index (χ0) is 9.14. The lowest BCUT2D eigenvalue weighted by molar-refractivity contribution is 0.129. The molecule has 1 unspecified atom stereocenters. The van der Waals surface area contributed by atoms with Crippen molar-refractivity contribution < 1.29 is 4.39 Å². The van der Waals surface area contributed by atoms with Gasteiger partial charge in [0, 0.05) is 6.04 Å². The Balaban J connectivity index is 2.20. The molecule has 0 bridgehead atoms. The number of thiocarbonyl (C=S) groups is 1. The molecule has 0 spiro atoms. The van der Waals surface area contributed by atoms with E-state index in [0.29, 0.717) is 24.2 Å². The van der Waals surface area contributed by atoms with E-state index in [2.05, 4.69) is 19.2 Å². The van der Waals surface area contributed by atoms with Crippen molar-refractivity contribution >= 4 is 17.3 Å². The van der Waals surface area contributed by atoms with E-state index in [9.17, 15) is 4.39 Å². The molecule has 1 N–H and O–H groups in total. The van der Waals surface area contributed by atoms with Crippen LogP contribution in [0.15, 0.2) is 0 Å². The monoisotopic (exact) mass is 190 g/mol. The molecule has 0 aromatic carbocycles. The third-order valence-corrected chi connectivity index (χ3v) is 2.48. The number of alkyl halides is 1. The predicted octanol–water partition coefficient (Wildman–Crippen LogP) is 1.31. The van der Waals surface area contributed by atoms with Crippen LogP contribution in [0.25, 0.3) is 0 Å². The summed E-state index contributed by atoms with van der Waals surface area (Å²) in [7, 11) is 0. The first-order valence-electron chi connectivity index (χ1n) is 4.33. The van der Waals surface area contributed by atoms with Crippen molar-refractivity contribution in [2.24, 2.45) is 0 Å². The van der Waals surface area contributed by atoms with Crippen molar-refractivity contribution in [1.29, 1.82) is 0 Å². The number of nitrogens with zero attached hydrogens (tertiary/aromatic N) is 1. The normalized spacial score (nSPS) is 20.1. The lowest BCUT2D eigenvalue weighted by Gasteiger charge is -2.37. The van der Waals surface area contributed by atoms with E-state index in [0.717, 1.165) is 6.42 Å². The van der Waals surface area contributed by atoms with Crippen LogP contribution in [0.2, 0.25) is 0 Å². The van der Waals surface area contributed by atoms with E-state index in [1.807, 2.05) is 4.90 Å². The molecule has 12 heavy (non-hydrogen) atoms. The van der Waals surface area contributed by atoms with Gasteiger partial charge in [0.25, 0.3) is 0 Å². The van der Waals surface area contributed by atoms with E-state index >= 15 is 0 Å². The Labute approximate surface area is 78.1 Å². The Morgan fingerprint density at radius 3 is 2.75 bits per heavy atom. The minimum Gasteiger partial charge on any atom is -0.360 e. The highest BCUT2D eigenvalue weighted by molar-refractivity contribution is 7.80. The van der Waals surface area contributed by atoms with Crippen LogP contribution in [0.3, 0.4) is 0 Å². The van der Waals surface area contributed by atoms with Gasteiger partial charge in [-0.05, 0) is 25.6 Å². The van der Waals surface area contributed by atoms with Gasteiger partial charge in [0.15, 0.2) is 5.11 Å². The summed E-state index contributed by atoms with van der Waals surface area (Å²) in [6.45, 7) is 5.08. The fraction of sp³-hybridized carbons (Fsp3) is 0.875. The standard InChI is InChI=1S/C8H15FN2S/c1-3-6(2)10-8(12)11-4-7(9)5-11/h6-7H,3-5H2,1-2H3,(H,10,12). The van der Waals surface area contributed by atoms with Gasteiger partial charge in [0.1, 0.15) is 6.17 Å². The molecule has 1 heterocycles. The summed E-state index contributed by atoms with van der Waals surface area (Å²) in [5.41, 5.74) is 0. The number of rotatable bonds is 2. The topological polar surface area (TPSA) is 15.3 Å². The molecule has 0 aromatic rings. The van der Waals surface area contributed by atoms with Crippen LogP contribution in [0.4, 0.5) is 4.39 Å². The lowest BCUT2D eigenvalue weighted by Crippen LogP contribution is -2.56. The van der Waals surface area contributed by atoms with Crippen molar-refractivity contribution in [1.82, 2.24) is 10.2 Å². The second-order valence-corrected chi connectivity index (χ2v) is 3.65. The first-order chi connectivity index (χ1) is 5.63. The van der Waals surface area contributed by atoms with Gasteiger partial charge in [0.2, 0.25) is 0 Å². The molecule has 2 nitrogen and oxygen atoms in total. The SMILES string of the molecule is CCC(C)NC(=S)N1CC(F)C1.